The fraction of sp³-hybridized carbons (Fsp3) is 0.400. The molecule has 2 aromatic rings. The zero-order valence-electron chi connectivity index (χ0n) is 14.7. The second-order valence-corrected chi connectivity index (χ2v) is 8.98. The summed E-state index contributed by atoms with van der Waals surface area (Å²) in [5.74, 6) is 0. The minimum atomic E-state index is -2.78. The van der Waals surface area contributed by atoms with Crippen molar-refractivity contribution in [1.82, 2.24) is 0 Å². The van der Waals surface area contributed by atoms with Crippen LogP contribution in [0.5, 0.6) is 0 Å². The van der Waals surface area contributed by atoms with Crippen molar-refractivity contribution >= 4 is 17.8 Å². The molecule has 0 heterocycles. The van der Waals surface area contributed by atoms with E-state index in [2.05, 4.69) is 0 Å². The summed E-state index contributed by atoms with van der Waals surface area (Å²) in [6.07, 6.45) is 0.277. The van der Waals surface area contributed by atoms with Gasteiger partial charge in [0.25, 0.3) is 0 Å². The summed E-state index contributed by atoms with van der Waals surface area (Å²) < 4.78 is 25.5. The van der Waals surface area contributed by atoms with Gasteiger partial charge in [-0.2, -0.15) is 0 Å². The van der Waals surface area contributed by atoms with E-state index in [4.69, 9.17) is 9.47 Å². The van der Waals surface area contributed by atoms with E-state index in [-0.39, 0.29) is 11.9 Å². The van der Waals surface area contributed by atoms with Crippen LogP contribution in [-0.2, 0) is 14.0 Å². The maximum atomic E-state index is 14.1. The summed E-state index contributed by atoms with van der Waals surface area (Å²) in [6, 6.07) is 19.5. The number of hydrogen-bond acceptors (Lipinski definition) is 3. The standard InChI is InChI=1S/C20H27O3P/c1-4-22-20(23-5-2)16-17(3)24(21,18-12-8-6-9-13-18)19-14-10-7-11-15-19/h6-15,17,20H,4-5,16H2,1-3H3. The lowest BCUT2D eigenvalue weighted by atomic mass is 10.3. The maximum Gasteiger partial charge on any atom is 0.158 e. The first kappa shape index (κ1) is 18.9. The predicted octanol–water partition coefficient (Wildman–Crippen LogP) is 4.18. The van der Waals surface area contributed by atoms with E-state index in [1.54, 1.807) is 0 Å². The van der Waals surface area contributed by atoms with Crippen molar-refractivity contribution in [2.75, 3.05) is 13.2 Å². The molecule has 2 aromatic carbocycles. The zero-order valence-corrected chi connectivity index (χ0v) is 15.6. The molecule has 0 aliphatic heterocycles. The van der Waals surface area contributed by atoms with Gasteiger partial charge in [0.1, 0.15) is 7.14 Å². The Morgan fingerprint density at radius 2 is 1.25 bits per heavy atom. The van der Waals surface area contributed by atoms with Gasteiger partial charge in [-0.3, -0.25) is 0 Å². The summed E-state index contributed by atoms with van der Waals surface area (Å²) in [4.78, 5) is 0. The van der Waals surface area contributed by atoms with Crippen molar-refractivity contribution in [3.63, 3.8) is 0 Å². The predicted molar refractivity (Wildman–Crippen MR) is 101 cm³/mol. The Bertz CT molecular complexity index is 593. The van der Waals surface area contributed by atoms with Crippen molar-refractivity contribution in [3.8, 4) is 0 Å². The van der Waals surface area contributed by atoms with Gasteiger partial charge in [0.2, 0.25) is 0 Å². The van der Waals surface area contributed by atoms with Gasteiger partial charge >= 0.3 is 0 Å². The molecule has 1 unspecified atom stereocenters. The van der Waals surface area contributed by atoms with Crippen LogP contribution in [-0.4, -0.2) is 25.2 Å². The minimum Gasteiger partial charge on any atom is -0.353 e. The van der Waals surface area contributed by atoms with Gasteiger partial charge in [-0.15, -0.1) is 0 Å². The summed E-state index contributed by atoms with van der Waals surface area (Å²) in [5.41, 5.74) is -0.0783. The SMILES string of the molecule is CCOC(CC(C)P(=O)(c1ccccc1)c1ccccc1)OCC. The largest absolute Gasteiger partial charge is 0.353 e. The van der Waals surface area contributed by atoms with Gasteiger partial charge < -0.3 is 14.0 Å². The monoisotopic (exact) mass is 346 g/mol. The van der Waals surface area contributed by atoms with Gasteiger partial charge in [-0.25, -0.2) is 0 Å². The molecule has 0 amide bonds. The Kier molecular flexibility index (Phi) is 7.23. The Morgan fingerprint density at radius 1 is 0.833 bits per heavy atom. The number of benzene rings is 2. The highest BCUT2D eigenvalue weighted by molar-refractivity contribution is 7.79. The van der Waals surface area contributed by atoms with Crippen molar-refractivity contribution in [2.24, 2.45) is 0 Å². The first-order chi connectivity index (χ1) is 11.6. The van der Waals surface area contributed by atoms with Crippen LogP contribution >= 0.6 is 7.14 Å². The van der Waals surface area contributed by atoms with E-state index in [1.807, 2.05) is 81.4 Å². The molecule has 0 radical (unpaired) electrons. The fourth-order valence-electron chi connectivity index (χ4n) is 2.94. The van der Waals surface area contributed by atoms with Gasteiger partial charge in [-0.05, 0) is 13.8 Å². The molecular formula is C20H27O3P. The van der Waals surface area contributed by atoms with Crippen LogP contribution in [0.15, 0.2) is 60.7 Å². The second kappa shape index (κ2) is 9.17. The molecule has 0 fully saturated rings. The van der Waals surface area contributed by atoms with Crippen LogP contribution in [0, 0.1) is 0 Å². The Labute approximate surface area is 145 Å². The van der Waals surface area contributed by atoms with Gasteiger partial charge in [0.05, 0.1) is 0 Å². The average molecular weight is 346 g/mol. The quantitative estimate of drug-likeness (QED) is 0.505. The molecule has 0 saturated heterocycles. The van der Waals surface area contributed by atoms with Gasteiger partial charge in [-0.1, -0.05) is 67.6 Å². The summed E-state index contributed by atoms with van der Waals surface area (Å²) in [5, 5.41) is 1.77. The third kappa shape index (κ3) is 4.36. The highest BCUT2D eigenvalue weighted by atomic mass is 31.2. The van der Waals surface area contributed by atoms with E-state index in [9.17, 15) is 4.57 Å². The van der Waals surface area contributed by atoms with E-state index in [0.29, 0.717) is 19.6 Å². The summed E-state index contributed by atoms with van der Waals surface area (Å²) >= 11 is 0. The highest BCUT2D eigenvalue weighted by Crippen LogP contribution is 2.50. The lowest BCUT2D eigenvalue weighted by Crippen LogP contribution is -2.29. The van der Waals surface area contributed by atoms with Crippen LogP contribution in [0.4, 0.5) is 0 Å². The molecule has 130 valence electrons. The zero-order chi connectivity index (χ0) is 17.4. The molecule has 0 aliphatic carbocycles. The number of ether oxygens (including phenoxy) is 2. The molecule has 3 nitrogen and oxygen atoms in total. The lowest BCUT2D eigenvalue weighted by molar-refractivity contribution is -0.139. The summed E-state index contributed by atoms with van der Waals surface area (Å²) in [7, 11) is -2.78. The van der Waals surface area contributed by atoms with Crippen molar-refractivity contribution in [2.45, 2.75) is 39.1 Å². The van der Waals surface area contributed by atoms with E-state index >= 15 is 0 Å². The highest BCUT2D eigenvalue weighted by Gasteiger charge is 2.35. The van der Waals surface area contributed by atoms with Crippen molar-refractivity contribution in [3.05, 3.63) is 60.7 Å². The van der Waals surface area contributed by atoms with E-state index in [0.717, 1.165) is 10.6 Å². The molecule has 24 heavy (non-hydrogen) atoms. The van der Waals surface area contributed by atoms with Crippen molar-refractivity contribution in [1.29, 1.82) is 0 Å². The molecule has 0 aromatic heterocycles. The smallest absolute Gasteiger partial charge is 0.158 e. The Hall–Kier alpha value is -1.41. The van der Waals surface area contributed by atoms with Crippen LogP contribution in [0.2, 0.25) is 0 Å². The van der Waals surface area contributed by atoms with Gasteiger partial charge in [0.15, 0.2) is 6.29 Å². The Balaban J connectivity index is 2.38. The van der Waals surface area contributed by atoms with E-state index < -0.39 is 7.14 Å². The second-order valence-electron chi connectivity index (χ2n) is 5.75. The lowest BCUT2D eigenvalue weighted by Gasteiger charge is -2.29. The molecule has 0 spiro atoms. The first-order valence-electron chi connectivity index (χ1n) is 8.57. The van der Waals surface area contributed by atoms with Crippen LogP contribution in [0.25, 0.3) is 0 Å². The van der Waals surface area contributed by atoms with Crippen LogP contribution in [0.3, 0.4) is 0 Å². The number of hydrogen-bond donors (Lipinski definition) is 0. The summed E-state index contributed by atoms with van der Waals surface area (Å²) in [6.45, 7) is 7.10. The third-order valence-corrected chi connectivity index (χ3v) is 7.72. The minimum absolute atomic E-state index is 0.0783. The molecule has 4 heteroatoms. The fourth-order valence-corrected chi connectivity index (χ4v) is 5.96. The average Bonchev–Trinajstić information content (AvgIpc) is 2.63. The maximum absolute atomic E-state index is 14.1. The molecule has 0 saturated carbocycles. The molecule has 0 aliphatic rings. The molecule has 0 bridgehead atoms. The van der Waals surface area contributed by atoms with Gasteiger partial charge in [0, 0.05) is 35.9 Å². The van der Waals surface area contributed by atoms with Crippen LogP contribution < -0.4 is 10.6 Å². The first-order valence-corrected chi connectivity index (χ1v) is 10.3. The third-order valence-electron chi connectivity index (χ3n) is 4.14. The van der Waals surface area contributed by atoms with Crippen molar-refractivity contribution < 1.29 is 14.0 Å². The topological polar surface area (TPSA) is 35.5 Å². The molecule has 2 rings (SSSR count). The molecule has 1 atom stereocenters. The Morgan fingerprint density at radius 3 is 1.62 bits per heavy atom. The molecule has 0 N–H and O–H groups in total. The number of rotatable bonds is 9. The normalized spacial score (nSPS) is 13.2. The van der Waals surface area contributed by atoms with Crippen LogP contribution in [0.1, 0.15) is 27.2 Å². The van der Waals surface area contributed by atoms with E-state index in [1.165, 1.54) is 0 Å². The molecular weight excluding hydrogens is 319 g/mol.